The van der Waals surface area contributed by atoms with Gasteiger partial charge in [-0.3, -0.25) is 4.79 Å². The van der Waals surface area contributed by atoms with E-state index in [1.165, 1.54) is 6.42 Å². The standard InChI is InChI=1S/C22H25N3O/c1-17-10-6-7-13-20(17)25-21(26)19(16-18-11-4-2-5-12-18)23-22(25)24-14-8-3-9-15-24/h2,4-7,10-13,19H,3,8-9,14-16H2,1H3. The van der Waals surface area contributed by atoms with E-state index in [4.69, 9.17) is 4.99 Å². The van der Waals surface area contributed by atoms with E-state index >= 15 is 0 Å². The molecule has 134 valence electrons. The molecule has 0 aliphatic carbocycles. The van der Waals surface area contributed by atoms with Crippen LogP contribution in [0.5, 0.6) is 0 Å². The maximum absolute atomic E-state index is 13.3. The fraction of sp³-hybridized carbons (Fsp3) is 0.364. The predicted molar refractivity (Wildman–Crippen MR) is 105 cm³/mol. The van der Waals surface area contributed by atoms with E-state index in [-0.39, 0.29) is 11.9 Å². The van der Waals surface area contributed by atoms with Gasteiger partial charge in [0.05, 0.1) is 5.69 Å². The monoisotopic (exact) mass is 347 g/mol. The number of aliphatic imine (C=N–C) groups is 1. The van der Waals surface area contributed by atoms with E-state index in [1.54, 1.807) is 0 Å². The third kappa shape index (κ3) is 3.24. The van der Waals surface area contributed by atoms with Crippen LogP contribution in [0.4, 0.5) is 5.69 Å². The highest BCUT2D eigenvalue weighted by molar-refractivity contribution is 6.22. The topological polar surface area (TPSA) is 35.9 Å². The summed E-state index contributed by atoms with van der Waals surface area (Å²) in [6, 6.07) is 17.9. The maximum atomic E-state index is 13.3. The lowest BCUT2D eigenvalue weighted by atomic mass is 10.1. The first-order valence-electron chi connectivity index (χ1n) is 9.50. The minimum Gasteiger partial charge on any atom is -0.342 e. The van der Waals surface area contributed by atoms with Gasteiger partial charge in [0.25, 0.3) is 5.91 Å². The maximum Gasteiger partial charge on any atom is 0.259 e. The van der Waals surface area contributed by atoms with E-state index in [9.17, 15) is 4.79 Å². The molecule has 4 heteroatoms. The third-order valence-electron chi connectivity index (χ3n) is 5.24. The number of hydrogen-bond donors (Lipinski definition) is 0. The minimum atomic E-state index is -0.339. The number of hydrogen-bond acceptors (Lipinski definition) is 3. The molecule has 0 radical (unpaired) electrons. The zero-order chi connectivity index (χ0) is 17.9. The first-order chi connectivity index (χ1) is 12.7. The van der Waals surface area contributed by atoms with Crippen LogP contribution in [-0.4, -0.2) is 35.9 Å². The lowest BCUT2D eigenvalue weighted by Gasteiger charge is -2.33. The number of carbonyl (C=O) groups is 1. The van der Waals surface area contributed by atoms with Crippen LogP contribution in [0.15, 0.2) is 59.6 Å². The average molecular weight is 347 g/mol. The molecule has 0 aromatic heterocycles. The van der Waals surface area contributed by atoms with Crippen molar-refractivity contribution in [2.45, 2.75) is 38.6 Å². The van der Waals surface area contributed by atoms with Gasteiger partial charge in [0, 0.05) is 19.5 Å². The molecule has 0 spiro atoms. The molecule has 0 saturated carbocycles. The number of carbonyl (C=O) groups excluding carboxylic acids is 1. The number of likely N-dealkylation sites (tertiary alicyclic amines) is 1. The Kier molecular flexibility index (Phi) is 4.74. The number of benzene rings is 2. The number of guanidine groups is 1. The molecule has 1 atom stereocenters. The number of anilines is 1. The second-order valence-electron chi connectivity index (χ2n) is 7.14. The van der Waals surface area contributed by atoms with Crippen LogP contribution in [-0.2, 0) is 11.2 Å². The van der Waals surface area contributed by atoms with Gasteiger partial charge >= 0.3 is 0 Å². The fourth-order valence-electron chi connectivity index (χ4n) is 3.83. The SMILES string of the molecule is Cc1ccccc1N1C(=O)C(Cc2ccccc2)N=C1N1CCCCC1. The average Bonchev–Trinajstić information content (AvgIpc) is 3.00. The summed E-state index contributed by atoms with van der Waals surface area (Å²) in [5.41, 5.74) is 3.21. The normalized spacial score (nSPS) is 20.4. The first-order valence-corrected chi connectivity index (χ1v) is 9.50. The van der Waals surface area contributed by atoms with Crippen molar-refractivity contribution in [3.8, 4) is 0 Å². The summed E-state index contributed by atoms with van der Waals surface area (Å²) < 4.78 is 0. The molecule has 26 heavy (non-hydrogen) atoms. The molecule has 1 amide bonds. The van der Waals surface area contributed by atoms with E-state index in [1.807, 2.05) is 41.3 Å². The Bertz CT molecular complexity index is 809. The Labute approximate surface area is 155 Å². The highest BCUT2D eigenvalue weighted by Gasteiger charge is 2.39. The minimum absolute atomic E-state index is 0.0868. The molecule has 4 nitrogen and oxygen atoms in total. The van der Waals surface area contributed by atoms with Gasteiger partial charge in [0.15, 0.2) is 0 Å². The van der Waals surface area contributed by atoms with E-state index in [0.29, 0.717) is 6.42 Å². The lowest BCUT2D eigenvalue weighted by molar-refractivity contribution is -0.118. The summed E-state index contributed by atoms with van der Waals surface area (Å²) in [6.07, 6.45) is 4.24. The number of aryl methyl sites for hydroxylation is 1. The van der Waals surface area contributed by atoms with Crippen LogP contribution in [0.1, 0.15) is 30.4 Å². The van der Waals surface area contributed by atoms with Gasteiger partial charge in [-0.05, 0) is 43.4 Å². The summed E-state index contributed by atoms with van der Waals surface area (Å²) >= 11 is 0. The Morgan fingerprint density at radius 2 is 1.65 bits per heavy atom. The van der Waals surface area contributed by atoms with Crippen molar-refractivity contribution in [2.24, 2.45) is 4.99 Å². The quantitative estimate of drug-likeness (QED) is 0.847. The highest BCUT2D eigenvalue weighted by Crippen LogP contribution is 2.28. The summed E-state index contributed by atoms with van der Waals surface area (Å²) in [4.78, 5) is 22.4. The molecule has 2 aliphatic heterocycles. The number of piperidine rings is 1. The highest BCUT2D eigenvalue weighted by atomic mass is 16.2. The molecule has 0 N–H and O–H groups in total. The zero-order valence-electron chi connectivity index (χ0n) is 15.3. The predicted octanol–water partition coefficient (Wildman–Crippen LogP) is 3.79. The fourth-order valence-corrected chi connectivity index (χ4v) is 3.83. The Hall–Kier alpha value is -2.62. The summed E-state index contributed by atoms with van der Waals surface area (Å²) in [5, 5.41) is 0. The van der Waals surface area contributed by atoms with Crippen molar-refractivity contribution in [3.05, 3.63) is 65.7 Å². The van der Waals surface area contributed by atoms with Crippen molar-refractivity contribution in [1.82, 2.24) is 4.90 Å². The Morgan fingerprint density at radius 3 is 2.38 bits per heavy atom. The van der Waals surface area contributed by atoms with E-state index in [2.05, 4.69) is 30.0 Å². The number of amides is 1. The molecule has 2 aliphatic rings. The van der Waals surface area contributed by atoms with Crippen LogP contribution >= 0.6 is 0 Å². The summed E-state index contributed by atoms with van der Waals surface area (Å²) in [5.74, 6) is 0.925. The second kappa shape index (κ2) is 7.32. The van der Waals surface area contributed by atoms with Gasteiger partial charge in [0.2, 0.25) is 5.96 Å². The second-order valence-corrected chi connectivity index (χ2v) is 7.14. The zero-order valence-corrected chi connectivity index (χ0v) is 15.3. The van der Waals surface area contributed by atoms with Crippen molar-refractivity contribution >= 4 is 17.6 Å². The van der Waals surface area contributed by atoms with Crippen LogP contribution in [0.2, 0.25) is 0 Å². The van der Waals surface area contributed by atoms with Crippen LogP contribution in [0.25, 0.3) is 0 Å². The van der Waals surface area contributed by atoms with Crippen molar-refractivity contribution < 1.29 is 4.79 Å². The summed E-state index contributed by atoms with van der Waals surface area (Å²) in [7, 11) is 0. The van der Waals surface area contributed by atoms with E-state index in [0.717, 1.165) is 48.7 Å². The van der Waals surface area contributed by atoms with Gasteiger partial charge in [-0.1, -0.05) is 48.5 Å². The van der Waals surface area contributed by atoms with Gasteiger partial charge in [0.1, 0.15) is 6.04 Å². The van der Waals surface area contributed by atoms with Crippen molar-refractivity contribution in [2.75, 3.05) is 18.0 Å². The molecule has 2 aromatic rings. The smallest absolute Gasteiger partial charge is 0.259 e. The van der Waals surface area contributed by atoms with E-state index < -0.39 is 0 Å². The number of rotatable bonds is 3. The Morgan fingerprint density at radius 1 is 0.962 bits per heavy atom. The largest absolute Gasteiger partial charge is 0.342 e. The molecule has 0 bridgehead atoms. The molecule has 1 unspecified atom stereocenters. The van der Waals surface area contributed by atoms with Crippen LogP contribution in [0, 0.1) is 6.92 Å². The van der Waals surface area contributed by atoms with Crippen molar-refractivity contribution in [1.29, 1.82) is 0 Å². The van der Waals surface area contributed by atoms with Gasteiger partial charge < -0.3 is 4.90 Å². The lowest BCUT2D eigenvalue weighted by Crippen LogP contribution is -2.47. The Balaban J connectivity index is 1.68. The molecule has 2 heterocycles. The van der Waals surface area contributed by atoms with Crippen molar-refractivity contribution in [3.63, 3.8) is 0 Å². The van der Waals surface area contributed by atoms with Gasteiger partial charge in [-0.25, -0.2) is 9.89 Å². The molecule has 4 rings (SSSR count). The first kappa shape index (κ1) is 16.8. The number of para-hydroxylation sites is 1. The number of nitrogens with zero attached hydrogens (tertiary/aromatic N) is 3. The van der Waals surface area contributed by atoms with Gasteiger partial charge in [-0.2, -0.15) is 0 Å². The van der Waals surface area contributed by atoms with Crippen LogP contribution < -0.4 is 4.90 Å². The molecule has 1 fully saturated rings. The summed E-state index contributed by atoms with van der Waals surface area (Å²) in [6.45, 7) is 4.01. The molecule has 1 saturated heterocycles. The molecular weight excluding hydrogens is 322 g/mol. The molecule has 2 aromatic carbocycles. The van der Waals surface area contributed by atoms with Crippen LogP contribution in [0.3, 0.4) is 0 Å². The molecular formula is C22H25N3O. The third-order valence-corrected chi connectivity index (χ3v) is 5.24. The van der Waals surface area contributed by atoms with Gasteiger partial charge in [-0.15, -0.1) is 0 Å².